The van der Waals surface area contributed by atoms with Gasteiger partial charge in [0.15, 0.2) is 0 Å². The van der Waals surface area contributed by atoms with Gasteiger partial charge in [0, 0.05) is 6.54 Å². The minimum absolute atomic E-state index is 0.116. The largest absolute Gasteiger partial charge is 0.478 e. The van der Waals surface area contributed by atoms with Gasteiger partial charge in [-0.3, -0.25) is 4.79 Å². The number of amides is 1. The zero-order valence-electron chi connectivity index (χ0n) is 9.32. The quantitative estimate of drug-likeness (QED) is 0.757. The van der Waals surface area contributed by atoms with Gasteiger partial charge >= 0.3 is 5.97 Å². The van der Waals surface area contributed by atoms with Crippen LogP contribution in [0.2, 0.25) is 0 Å². The van der Waals surface area contributed by atoms with Gasteiger partial charge in [-0.15, -0.1) is 0 Å². The molecular formula is C13H13NO3. The minimum Gasteiger partial charge on any atom is -0.478 e. The molecule has 0 radical (unpaired) electrons. The van der Waals surface area contributed by atoms with Gasteiger partial charge in [0.25, 0.3) is 0 Å². The second kappa shape index (κ2) is 3.32. The van der Waals surface area contributed by atoms with Crippen molar-refractivity contribution in [1.29, 1.82) is 0 Å². The first-order valence-corrected chi connectivity index (χ1v) is 5.74. The lowest BCUT2D eigenvalue weighted by Gasteiger charge is -2.17. The van der Waals surface area contributed by atoms with E-state index in [9.17, 15) is 9.59 Å². The highest BCUT2D eigenvalue weighted by Crippen LogP contribution is 2.42. The second-order valence-electron chi connectivity index (χ2n) is 4.93. The third-order valence-corrected chi connectivity index (χ3v) is 3.88. The summed E-state index contributed by atoms with van der Waals surface area (Å²) in [6.45, 7) is 0.735. The van der Waals surface area contributed by atoms with Gasteiger partial charge in [-0.2, -0.15) is 0 Å². The van der Waals surface area contributed by atoms with E-state index in [0.29, 0.717) is 12.0 Å². The lowest BCUT2D eigenvalue weighted by molar-refractivity contribution is -0.127. The summed E-state index contributed by atoms with van der Waals surface area (Å²) in [6, 6.07) is 5.17. The summed E-state index contributed by atoms with van der Waals surface area (Å²) in [7, 11) is 0. The Balaban J connectivity index is 1.98. The Kier molecular flexibility index (Phi) is 2.02. The predicted molar refractivity (Wildman–Crippen MR) is 60.9 cm³/mol. The summed E-state index contributed by atoms with van der Waals surface area (Å²) in [4.78, 5) is 22.8. The molecule has 2 N–H and O–H groups in total. The molecule has 17 heavy (non-hydrogen) atoms. The summed E-state index contributed by atoms with van der Waals surface area (Å²) in [5.74, 6) is -0.796. The maximum absolute atomic E-state index is 11.9. The van der Waals surface area contributed by atoms with Crippen LogP contribution >= 0.6 is 0 Å². The highest BCUT2D eigenvalue weighted by atomic mass is 16.4. The fourth-order valence-electron chi connectivity index (χ4n) is 2.94. The third-order valence-electron chi connectivity index (χ3n) is 3.88. The number of fused-ring (bicyclic) bond motifs is 1. The van der Waals surface area contributed by atoms with E-state index in [4.69, 9.17) is 5.11 Å². The van der Waals surface area contributed by atoms with E-state index in [0.717, 1.165) is 30.5 Å². The number of hydrogen-bond acceptors (Lipinski definition) is 2. The molecule has 1 atom stereocenters. The van der Waals surface area contributed by atoms with Crippen LogP contribution in [0.15, 0.2) is 18.2 Å². The number of hydrogen-bond donors (Lipinski definition) is 2. The Morgan fingerprint density at radius 2 is 2.06 bits per heavy atom. The molecule has 1 saturated heterocycles. The van der Waals surface area contributed by atoms with Gasteiger partial charge in [0.1, 0.15) is 0 Å². The molecule has 3 rings (SSSR count). The summed E-state index contributed by atoms with van der Waals surface area (Å²) in [5, 5.41) is 11.8. The predicted octanol–water partition coefficient (Wildman–Crippen LogP) is 0.990. The van der Waals surface area contributed by atoms with Crippen molar-refractivity contribution < 1.29 is 14.7 Å². The summed E-state index contributed by atoms with van der Waals surface area (Å²) in [5.41, 5.74) is 2.13. The number of aromatic carboxylic acids is 1. The maximum atomic E-state index is 11.9. The molecule has 1 aliphatic carbocycles. The Morgan fingerprint density at radius 1 is 1.29 bits per heavy atom. The van der Waals surface area contributed by atoms with Crippen LogP contribution in [0.5, 0.6) is 0 Å². The number of carbonyl (C=O) groups is 2. The second-order valence-corrected chi connectivity index (χ2v) is 4.93. The zero-order valence-corrected chi connectivity index (χ0v) is 9.32. The summed E-state index contributed by atoms with van der Waals surface area (Å²) in [6.07, 6.45) is 2.27. The van der Waals surface area contributed by atoms with Crippen molar-refractivity contribution in [3.05, 3.63) is 34.9 Å². The van der Waals surface area contributed by atoms with Gasteiger partial charge in [-0.05, 0) is 42.5 Å². The van der Waals surface area contributed by atoms with Crippen molar-refractivity contribution in [2.24, 2.45) is 5.41 Å². The molecule has 1 heterocycles. The molecule has 4 nitrogen and oxygen atoms in total. The van der Waals surface area contributed by atoms with Gasteiger partial charge in [0.05, 0.1) is 11.0 Å². The van der Waals surface area contributed by atoms with Crippen LogP contribution in [0.1, 0.15) is 27.9 Å². The van der Waals surface area contributed by atoms with E-state index >= 15 is 0 Å². The van der Waals surface area contributed by atoms with Crippen LogP contribution in [0, 0.1) is 5.41 Å². The molecule has 2 aliphatic rings. The standard InChI is InChI=1S/C13H13NO3/c15-11(16)8-1-2-9-6-13(7-10(9)5-8)3-4-14-12(13)17/h1-2,5H,3-4,6-7H2,(H,14,17)(H,15,16). The SMILES string of the molecule is O=C(O)c1ccc2c(c1)CC1(CCNC1=O)C2. The molecule has 0 bridgehead atoms. The van der Waals surface area contributed by atoms with Gasteiger partial charge < -0.3 is 10.4 Å². The average molecular weight is 231 g/mol. The molecule has 1 aromatic rings. The highest BCUT2D eigenvalue weighted by molar-refractivity contribution is 5.89. The summed E-state index contributed by atoms with van der Waals surface area (Å²) >= 11 is 0. The molecule has 1 amide bonds. The molecule has 0 saturated carbocycles. The van der Waals surface area contributed by atoms with Crippen molar-refractivity contribution in [3.63, 3.8) is 0 Å². The van der Waals surface area contributed by atoms with Crippen LogP contribution in [0.25, 0.3) is 0 Å². The van der Waals surface area contributed by atoms with E-state index in [1.54, 1.807) is 12.1 Å². The van der Waals surface area contributed by atoms with Crippen LogP contribution in [0.3, 0.4) is 0 Å². The van der Waals surface area contributed by atoms with E-state index in [-0.39, 0.29) is 11.3 Å². The molecule has 1 spiro atoms. The first kappa shape index (κ1) is 10.3. The Bertz CT molecular complexity index is 523. The fourth-order valence-corrected chi connectivity index (χ4v) is 2.94. The monoisotopic (exact) mass is 231 g/mol. The molecule has 1 aromatic carbocycles. The van der Waals surface area contributed by atoms with Gasteiger partial charge in [0.2, 0.25) is 5.91 Å². The minimum atomic E-state index is -0.912. The third kappa shape index (κ3) is 1.44. The molecule has 4 heteroatoms. The average Bonchev–Trinajstić information content (AvgIpc) is 2.82. The van der Waals surface area contributed by atoms with Crippen molar-refractivity contribution in [1.82, 2.24) is 5.32 Å². The molecule has 88 valence electrons. The smallest absolute Gasteiger partial charge is 0.335 e. The van der Waals surface area contributed by atoms with Crippen LogP contribution < -0.4 is 5.32 Å². The van der Waals surface area contributed by atoms with Crippen molar-refractivity contribution in [2.75, 3.05) is 6.54 Å². The highest BCUT2D eigenvalue weighted by Gasteiger charge is 2.46. The first-order chi connectivity index (χ1) is 8.11. The molecular weight excluding hydrogens is 218 g/mol. The van der Waals surface area contributed by atoms with Crippen molar-refractivity contribution >= 4 is 11.9 Å². The van der Waals surface area contributed by atoms with E-state index < -0.39 is 5.97 Å². The normalized spacial score (nSPS) is 26.0. The number of benzene rings is 1. The lowest BCUT2D eigenvalue weighted by atomic mass is 9.83. The van der Waals surface area contributed by atoms with Crippen molar-refractivity contribution in [2.45, 2.75) is 19.3 Å². The first-order valence-electron chi connectivity index (χ1n) is 5.74. The van der Waals surface area contributed by atoms with Gasteiger partial charge in [-0.1, -0.05) is 6.07 Å². The molecule has 1 aliphatic heterocycles. The number of carbonyl (C=O) groups excluding carboxylic acids is 1. The number of carboxylic acid groups (broad SMARTS) is 1. The van der Waals surface area contributed by atoms with E-state index in [2.05, 4.69) is 5.32 Å². The lowest BCUT2D eigenvalue weighted by Crippen LogP contribution is -2.31. The van der Waals surface area contributed by atoms with Crippen LogP contribution in [-0.2, 0) is 17.6 Å². The fraction of sp³-hybridized carbons (Fsp3) is 0.385. The number of carboxylic acids is 1. The Morgan fingerprint density at radius 3 is 2.71 bits per heavy atom. The number of nitrogens with one attached hydrogen (secondary N) is 1. The topological polar surface area (TPSA) is 66.4 Å². The Hall–Kier alpha value is -1.84. The van der Waals surface area contributed by atoms with E-state index in [1.807, 2.05) is 6.07 Å². The van der Waals surface area contributed by atoms with E-state index in [1.165, 1.54) is 0 Å². The molecule has 0 aromatic heterocycles. The van der Waals surface area contributed by atoms with Gasteiger partial charge in [-0.25, -0.2) is 4.79 Å². The number of rotatable bonds is 1. The van der Waals surface area contributed by atoms with Crippen LogP contribution in [0.4, 0.5) is 0 Å². The summed E-state index contributed by atoms with van der Waals surface area (Å²) < 4.78 is 0. The molecule has 1 fully saturated rings. The molecule has 1 unspecified atom stereocenters. The maximum Gasteiger partial charge on any atom is 0.335 e. The Labute approximate surface area is 98.6 Å². The van der Waals surface area contributed by atoms with Crippen molar-refractivity contribution in [3.8, 4) is 0 Å². The van der Waals surface area contributed by atoms with Crippen LogP contribution in [-0.4, -0.2) is 23.5 Å². The zero-order chi connectivity index (χ0) is 12.0.